The van der Waals surface area contributed by atoms with Gasteiger partial charge in [0.05, 0.1) is 11.3 Å². The Morgan fingerprint density at radius 3 is 2.55 bits per heavy atom. The van der Waals surface area contributed by atoms with Gasteiger partial charge in [-0.05, 0) is 38.5 Å². The molecule has 1 heterocycles. The van der Waals surface area contributed by atoms with Gasteiger partial charge in [0.25, 0.3) is 0 Å². The van der Waals surface area contributed by atoms with Crippen molar-refractivity contribution in [2.75, 3.05) is 5.32 Å². The van der Waals surface area contributed by atoms with Gasteiger partial charge in [0.15, 0.2) is 5.82 Å². The SMILES string of the molecule is Cc1nnc(Nc2cccc(F)c2C)c(C(N)=S)c1C. The molecule has 1 aromatic heterocycles. The zero-order chi connectivity index (χ0) is 14.9. The predicted octanol–water partition coefficient (Wildman–Crippen LogP) is 2.92. The average molecular weight is 290 g/mol. The zero-order valence-electron chi connectivity index (χ0n) is 11.5. The van der Waals surface area contributed by atoms with E-state index in [2.05, 4.69) is 15.5 Å². The molecule has 0 radical (unpaired) electrons. The third-order valence-corrected chi connectivity index (χ3v) is 3.43. The third kappa shape index (κ3) is 2.60. The van der Waals surface area contributed by atoms with Crippen LogP contribution in [0.15, 0.2) is 18.2 Å². The van der Waals surface area contributed by atoms with Crippen LogP contribution in [0.2, 0.25) is 0 Å². The molecule has 3 N–H and O–H groups in total. The molecule has 2 rings (SSSR count). The zero-order valence-corrected chi connectivity index (χ0v) is 12.3. The number of hydrogen-bond acceptors (Lipinski definition) is 4. The number of thiocarbonyl (C=S) groups is 1. The van der Waals surface area contributed by atoms with Crippen LogP contribution >= 0.6 is 12.2 Å². The number of rotatable bonds is 3. The minimum absolute atomic E-state index is 0.233. The molecule has 0 aliphatic rings. The smallest absolute Gasteiger partial charge is 0.163 e. The summed E-state index contributed by atoms with van der Waals surface area (Å²) in [6.45, 7) is 5.40. The maximum absolute atomic E-state index is 13.6. The fourth-order valence-electron chi connectivity index (χ4n) is 1.87. The molecule has 0 aliphatic heterocycles. The molecule has 0 unspecified atom stereocenters. The van der Waals surface area contributed by atoms with E-state index in [0.29, 0.717) is 22.6 Å². The van der Waals surface area contributed by atoms with E-state index in [4.69, 9.17) is 18.0 Å². The van der Waals surface area contributed by atoms with Crippen LogP contribution in [0.4, 0.5) is 15.9 Å². The standard InChI is InChI=1S/C14H15FN4S/c1-7-9(3)18-19-14(12(7)13(16)20)17-11-6-4-5-10(15)8(11)2/h4-6H,1-3H3,(H2,16,20)(H,17,19). The van der Waals surface area contributed by atoms with E-state index >= 15 is 0 Å². The molecular weight excluding hydrogens is 275 g/mol. The molecule has 0 fully saturated rings. The highest BCUT2D eigenvalue weighted by Crippen LogP contribution is 2.25. The summed E-state index contributed by atoms with van der Waals surface area (Å²) in [5, 5.41) is 11.2. The summed E-state index contributed by atoms with van der Waals surface area (Å²) in [5.41, 5.74) is 9.13. The fourth-order valence-corrected chi connectivity index (χ4v) is 2.12. The highest BCUT2D eigenvalue weighted by molar-refractivity contribution is 7.80. The largest absolute Gasteiger partial charge is 0.389 e. The number of nitrogens with one attached hydrogen (secondary N) is 1. The van der Waals surface area contributed by atoms with Crippen LogP contribution in [0.25, 0.3) is 0 Å². The van der Waals surface area contributed by atoms with Crippen LogP contribution in [-0.2, 0) is 0 Å². The molecule has 0 bridgehead atoms. The first-order valence-corrected chi connectivity index (χ1v) is 6.48. The summed E-state index contributed by atoms with van der Waals surface area (Å²) >= 11 is 5.07. The van der Waals surface area contributed by atoms with Crippen molar-refractivity contribution in [1.82, 2.24) is 10.2 Å². The molecule has 0 saturated heterocycles. The number of nitrogens with two attached hydrogens (primary N) is 1. The van der Waals surface area contributed by atoms with Crippen molar-refractivity contribution >= 4 is 28.7 Å². The summed E-state index contributed by atoms with van der Waals surface area (Å²) in [6.07, 6.45) is 0. The van der Waals surface area contributed by atoms with E-state index in [1.54, 1.807) is 19.1 Å². The number of hydrogen-bond donors (Lipinski definition) is 2. The van der Waals surface area contributed by atoms with Gasteiger partial charge in [-0.3, -0.25) is 0 Å². The van der Waals surface area contributed by atoms with E-state index in [1.807, 2.05) is 13.8 Å². The number of halogens is 1. The van der Waals surface area contributed by atoms with Crippen molar-refractivity contribution < 1.29 is 4.39 Å². The molecule has 0 amide bonds. The normalized spacial score (nSPS) is 10.4. The van der Waals surface area contributed by atoms with Crippen molar-refractivity contribution in [2.24, 2.45) is 5.73 Å². The quantitative estimate of drug-likeness (QED) is 0.851. The molecule has 1 aromatic carbocycles. The fraction of sp³-hybridized carbons (Fsp3) is 0.214. The van der Waals surface area contributed by atoms with E-state index < -0.39 is 0 Å². The molecule has 4 nitrogen and oxygen atoms in total. The molecular formula is C14H15FN4S. The van der Waals surface area contributed by atoms with Gasteiger partial charge in [0.2, 0.25) is 0 Å². The second-order valence-corrected chi connectivity index (χ2v) is 4.98. The number of aromatic nitrogens is 2. The Bertz CT molecular complexity index is 685. The van der Waals surface area contributed by atoms with Crippen molar-refractivity contribution in [2.45, 2.75) is 20.8 Å². The van der Waals surface area contributed by atoms with Crippen molar-refractivity contribution in [1.29, 1.82) is 0 Å². The van der Waals surface area contributed by atoms with Crippen LogP contribution in [0.5, 0.6) is 0 Å². The molecule has 20 heavy (non-hydrogen) atoms. The Balaban J connectivity index is 2.52. The summed E-state index contributed by atoms with van der Waals surface area (Å²) < 4.78 is 13.6. The van der Waals surface area contributed by atoms with Gasteiger partial charge in [-0.2, -0.15) is 5.10 Å². The molecule has 0 spiro atoms. The Labute approximate surface area is 122 Å². The first kappa shape index (κ1) is 14.3. The second kappa shape index (κ2) is 5.50. The summed E-state index contributed by atoms with van der Waals surface area (Å²) in [4.78, 5) is 0.233. The lowest BCUT2D eigenvalue weighted by Crippen LogP contribution is -2.17. The van der Waals surface area contributed by atoms with Gasteiger partial charge in [0, 0.05) is 11.3 Å². The van der Waals surface area contributed by atoms with Gasteiger partial charge in [0.1, 0.15) is 10.8 Å². The van der Waals surface area contributed by atoms with E-state index in [1.165, 1.54) is 6.07 Å². The molecule has 2 aromatic rings. The van der Waals surface area contributed by atoms with Crippen LogP contribution in [-0.4, -0.2) is 15.2 Å². The van der Waals surface area contributed by atoms with Gasteiger partial charge in [-0.1, -0.05) is 18.3 Å². The minimum Gasteiger partial charge on any atom is -0.389 e. The number of aryl methyl sites for hydroxylation is 1. The van der Waals surface area contributed by atoms with E-state index in [0.717, 1.165) is 11.3 Å². The highest BCUT2D eigenvalue weighted by atomic mass is 32.1. The average Bonchev–Trinajstić information content (AvgIpc) is 2.39. The maximum atomic E-state index is 13.6. The first-order chi connectivity index (χ1) is 9.41. The Morgan fingerprint density at radius 1 is 1.20 bits per heavy atom. The number of benzene rings is 1. The van der Waals surface area contributed by atoms with E-state index in [-0.39, 0.29) is 10.8 Å². The summed E-state index contributed by atoms with van der Waals surface area (Å²) in [5.74, 6) is 0.151. The first-order valence-electron chi connectivity index (χ1n) is 6.07. The van der Waals surface area contributed by atoms with Crippen LogP contribution < -0.4 is 11.1 Å². The summed E-state index contributed by atoms with van der Waals surface area (Å²) in [6, 6.07) is 4.79. The Kier molecular flexibility index (Phi) is 3.94. The van der Waals surface area contributed by atoms with Gasteiger partial charge >= 0.3 is 0 Å². The van der Waals surface area contributed by atoms with Crippen molar-refractivity contribution in [3.05, 3.63) is 46.4 Å². The minimum atomic E-state index is -0.288. The lowest BCUT2D eigenvalue weighted by atomic mass is 10.1. The second-order valence-electron chi connectivity index (χ2n) is 4.54. The van der Waals surface area contributed by atoms with Gasteiger partial charge in [-0.15, -0.1) is 5.10 Å². The highest BCUT2D eigenvalue weighted by Gasteiger charge is 2.15. The van der Waals surface area contributed by atoms with Crippen molar-refractivity contribution in [3.8, 4) is 0 Å². The monoisotopic (exact) mass is 290 g/mol. The third-order valence-electron chi connectivity index (χ3n) is 3.22. The van der Waals surface area contributed by atoms with E-state index in [9.17, 15) is 4.39 Å². The van der Waals surface area contributed by atoms with Crippen LogP contribution in [0.1, 0.15) is 22.4 Å². The molecule has 0 saturated carbocycles. The lowest BCUT2D eigenvalue weighted by molar-refractivity contribution is 0.619. The molecule has 104 valence electrons. The van der Waals surface area contributed by atoms with Gasteiger partial charge < -0.3 is 11.1 Å². The molecule has 6 heteroatoms. The van der Waals surface area contributed by atoms with Gasteiger partial charge in [-0.25, -0.2) is 4.39 Å². The topological polar surface area (TPSA) is 63.8 Å². The molecule has 0 atom stereocenters. The number of anilines is 2. The number of nitrogens with zero attached hydrogens (tertiary/aromatic N) is 2. The maximum Gasteiger partial charge on any atom is 0.163 e. The lowest BCUT2D eigenvalue weighted by Gasteiger charge is -2.14. The van der Waals surface area contributed by atoms with Crippen LogP contribution in [0.3, 0.4) is 0 Å². The van der Waals surface area contributed by atoms with Crippen LogP contribution in [0, 0.1) is 26.6 Å². The Hall–Kier alpha value is -2.08. The Morgan fingerprint density at radius 2 is 1.90 bits per heavy atom. The molecule has 0 aliphatic carbocycles. The summed E-state index contributed by atoms with van der Waals surface area (Å²) in [7, 11) is 0. The van der Waals surface area contributed by atoms with Crippen molar-refractivity contribution in [3.63, 3.8) is 0 Å². The predicted molar refractivity (Wildman–Crippen MR) is 81.8 cm³/mol.